The van der Waals surface area contributed by atoms with E-state index in [1.807, 2.05) is 0 Å². The van der Waals surface area contributed by atoms with Gasteiger partial charge in [-0.05, 0) is 43.0 Å². The van der Waals surface area contributed by atoms with Crippen molar-refractivity contribution in [2.24, 2.45) is 5.92 Å². The van der Waals surface area contributed by atoms with Crippen molar-refractivity contribution >= 4 is 5.69 Å². The molecule has 1 aliphatic heterocycles. The summed E-state index contributed by atoms with van der Waals surface area (Å²) < 4.78 is 5.91. The smallest absolute Gasteiger partial charge is 0.119 e. The Morgan fingerprint density at radius 2 is 2.05 bits per heavy atom. The van der Waals surface area contributed by atoms with Crippen LogP contribution in [0.15, 0.2) is 18.2 Å². The molecule has 1 saturated heterocycles. The molecule has 1 aromatic rings. The molecular formula is C17H28N2O. The molecule has 0 radical (unpaired) electrons. The third-order valence-corrected chi connectivity index (χ3v) is 3.94. The summed E-state index contributed by atoms with van der Waals surface area (Å²) in [5.74, 6) is 1.64. The number of nitrogens with one attached hydrogen (secondary N) is 1. The van der Waals surface area contributed by atoms with Crippen molar-refractivity contribution < 1.29 is 4.74 Å². The lowest BCUT2D eigenvalue weighted by atomic mass is 10.1. The maximum absolute atomic E-state index is 5.91. The van der Waals surface area contributed by atoms with E-state index in [1.165, 1.54) is 24.1 Å². The summed E-state index contributed by atoms with van der Waals surface area (Å²) in [6, 6.07) is 6.50. The van der Waals surface area contributed by atoms with Gasteiger partial charge in [0, 0.05) is 31.9 Å². The summed E-state index contributed by atoms with van der Waals surface area (Å²) in [5.41, 5.74) is 2.66. The molecule has 1 aromatic carbocycles. The molecule has 3 heteroatoms. The fourth-order valence-electron chi connectivity index (χ4n) is 2.79. The van der Waals surface area contributed by atoms with Crippen LogP contribution in [0.3, 0.4) is 0 Å². The normalized spacial score (nSPS) is 17.1. The number of ether oxygens (including phenoxy) is 1. The van der Waals surface area contributed by atoms with E-state index in [1.54, 1.807) is 0 Å². The van der Waals surface area contributed by atoms with E-state index < -0.39 is 0 Å². The predicted octanol–water partition coefficient (Wildman–Crippen LogP) is 3.22. The zero-order valence-electron chi connectivity index (χ0n) is 13.1. The molecule has 0 spiro atoms. The third kappa shape index (κ3) is 4.14. The predicted molar refractivity (Wildman–Crippen MR) is 85.8 cm³/mol. The first-order valence-corrected chi connectivity index (χ1v) is 7.89. The van der Waals surface area contributed by atoms with Gasteiger partial charge in [-0.3, -0.25) is 0 Å². The summed E-state index contributed by atoms with van der Waals surface area (Å²) in [4.78, 5) is 2.45. The molecule has 0 amide bonds. The van der Waals surface area contributed by atoms with Crippen molar-refractivity contribution in [2.75, 3.05) is 37.7 Å². The van der Waals surface area contributed by atoms with Crippen LogP contribution in [0.4, 0.5) is 5.69 Å². The van der Waals surface area contributed by atoms with Crippen LogP contribution in [0.1, 0.15) is 32.3 Å². The van der Waals surface area contributed by atoms with Crippen LogP contribution in [0.5, 0.6) is 5.75 Å². The number of aryl methyl sites for hydroxylation is 1. The van der Waals surface area contributed by atoms with Crippen molar-refractivity contribution in [3.63, 3.8) is 0 Å². The monoisotopic (exact) mass is 276 g/mol. The van der Waals surface area contributed by atoms with Crippen LogP contribution in [-0.2, 0) is 0 Å². The van der Waals surface area contributed by atoms with Gasteiger partial charge in [-0.1, -0.05) is 20.3 Å². The lowest BCUT2D eigenvalue weighted by Crippen LogP contribution is -2.43. The second kappa shape index (κ2) is 7.53. The number of piperazine rings is 1. The molecule has 112 valence electrons. The van der Waals surface area contributed by atoms with E-state index in [2.05, 4.69) is 49.2 Å². The SMILES string of the molecule is CCCC(C)COc1ccc(N2CCNCC2)c(C)c1. The molecule has 20 heavy (non-hydrogen) atoms. The topological polar surface area (TPSA) is 24.5 Å². The minimum atomic E-state index is 0.633. The lowest BCUT2D eigenvalue weighted by molar-refractivity contribution is 0.251. The van der Waals surface area contributed by atoms with Crippen molar-refractivity contribution in [3.05, 3.63) is 23.8 Å². The molecule has 2 rings (SSSR count). The highest BCUT2D eigenvalue weighted by molar-refractivity contribution is 5.56. The second-order valence-corrected chi connectivity index (χ2v) is 5.89. The zero-order chi connectivity index (χ0) is 14.4. The molecular weight excluding hydrogens is 248 g/mol. The molecule has 0 saturated carbocycles. The Hall–Kier alpha value is -1.22. The molecule has 1 heterocycles. The molecule has 1 aliphatic rings. The minimum Gasteiger partial charge on any atom is -0.493 e. The number of hydrogen-bond donors (Lipinski definition) is 1. The number of rotatable bonds is 6. The van der Waals surface area contributed by atoms with Gasteiger partial charge in [-0.15, -0.1) is 0 Å². The lowest BCUT2D eigenvalue weighted by Gasteiger charge is -2.30. The standard InChI is InChI=1S/C17H28N2O/c1-4-5-14(2)13-20-16-6-7-17(15(3)12-16)19-10-8-18-9-11-19/h6-7,12,14,18H,4-5,8-11,13H2,1-3H3. The Morgan fingerprint density at radius 3 is 2.70 bits per heavy atom. The fourth-order valence-corrected chi connectivity index (χ4v) is 2.79. The minimum absolute atomic E-state index is 0.633. The molecule has 1 unspecified atom stereocenters. The molecule has 0 aromatic heterocycles. The van der Waals surface area contributed by atoms with Crippen LogP contribution >= 0.6 is 0 Å². The number of anilines is 1. The molecule has 0 bridgehead atoms. The highest BCUT2D eigenvalue weighted by atomic mass is 16.5. The Balaban J connectivity index is 1.94. The van der Waals surface area contributed by atoms with Crippen molar-refractivity contribution in [1.82, 2.24) is 5.32 Å². The zero-order valence-corrected chi connectivity index (χ0v) is 13.1. The first-order valence-electron chi connectivity index (χ1n) is 7.89. The highest BCUT2D eigenvalue weighted by Crippen LogP contribution is 2.25. The van der Waals surface area contributed by atoms with Gasteiger partial charge < -0.3 is 15.0 Å². The van der Waals surface area contributed by atoms with Gasteiger partial charge in [0.15, 0.2) is 0 Å². The van der Waals surface area contributed by atoms with E-state index >= 15 is 0 Å². The van der Waals surface area contributed by atoms with Crippen LogP contribution < -0.4 is 15.0 Å². The maximum atomic E-state index is 5.91. The average molecular weight is 276 g/mol. The number of hydrogen-bond acceptors (Lipinski definition) is 3. The van der Waals surface area contributed by atoms with E-state index in [0.29, 0.717) is 5.92 Å². The van der Waals surface area contributed by atoms with Crippen molar-refractivity contribution in [1.29, 1.82) is 0 Å². The highest BCUT2D eigenvalue weighted by Gasteiger charge is 2.13. The largest absolute Gasteiger partial charge is 0.493 e. The Kier molecular flexibility index (Phi) is 5.72. The summed E-state index contributed by atoms with van der Waals surface area (Å²) in [5, 5.41) is 3.39. The summed E-state index contributed by atoms with van der Waals surface area (Å²) >= 11 is 0. The van der Waals surface area contributed by atoms with Gasteiger partial charge in [0.1, 0.15) is 5.75 Å². The molecule has 1 N–H and O–H groups in total. The second-order valence-electron chi connectivity index (χ2n) is 5.89. The number of benzene rings is 1. The first kappa shape index (κ1) is 15.2. The fraction of sp³-hybridized carbons (Fsp3) is 0.647. The van der Waals surface area contributed by atoms with E-state index in [0.717, 1.165) is 38.5 Å². The van der Waals surface area contributed by atoms with Gasteiger partial charge in [-0.25, -0.2) is 0 Å². The Labute approximate surface area is 123 Å². The van der Waals surface area contributed by atoms with Crippen molar-refractivity contribution in [2.45, 2.75) is 33.6 Å². The summed E-state index contributed by atoms with van der Waals surface area (Å²) in [7, 11) is 0. The van der Waals surface area contributed by atoms with Crippen LogP contribution in [0.2, 0.25) is 0 Å². The summed E-state index contributed by atoms with van der Waals surface area (Å²) in [6.07, 6.45) is 2.46. The van der Waals surface area contributed by atoms with Crippen LogP contribution in [-0.4, -0.2) is 32.8 Å². The van der Waals surface area contributed by atoms with E-state index in [4.69, 9.17) is 4.74 Å². The van der Waals surface area contributed by atoms with Crippen LogP contribution in [0.25, 0.3) is 0 Å². The summed E-state index contributed by atoms with van der Waals surface area (Å²) in [6.45, 7) is 11.8. The van der Waals surface area contributed by atoms with Gasteiger partial charge in [-0.2, -0.15) is 0 Å². The van der Waals surface area contributed by atoms with Gasteiger partial charge >= 0.3 is 0 Å². The molecule has 3 nitrogen and oxygen atoms in total. The third-order valence-electron chi connectivity index (χ3n) is 3.94. The van der Waals surface area contributed by atoms with Gasteiger partial charge in [0.25, 0.3) is 0 Å². The van der Waals surface area contributed by atoms with Gasteiger partial charge in [0.05, 0.1) is 6.61 Å². The van der Waals surface area contributed by atoms with E-state index in [9.17, 15) is 0 Å². The van der Waals surface area contributed by atoms with Crippen LogP contribution in [0, 0.1) is 12.8 Å². The quantitative estimate of drug-likeness (QED) is 0.863. The first-order chi connectivity index (χ1) is 9.70. The Morgan fingerprint density at radius 1 is 1.30 bits per heavy atom. The molecule has 1 fully saturated rings. The molecule has 1 atom stereocenters. The van der Waals surface area contributed by atoms with E-state index in [-0.39, 0.29) is 0 Å². The number of nitrogens with zero attached hydrogens (tertiary/aromatic N) is 1. The van der Waals surface area contributed by atoms with Gasteiger partial charge in [0.2, 0.25) is 0 Å². The van der Waals surface area contributed by atoms with Crippen molar-refractivity contribution in [3.8, 4) is 5.75 Å². The molecule has 0 aliphatic carbocycles. The Bertz CT molecular complexity index is 413. The average Bonchev–Trinajstić information content (AvgIpc) is 2.46. The maximum Gasteiger partial charge on any atom is 0.119 e.